The van der Waals surface area contributed by atoms with Crippen molar-refractivity contribution in [2.45, 2.75) is 58.2 Å². The Balaban J connectivity index is 1.75. The number of nitrogens with zero attached hydrogens (tertiary/aromatic N) is 2. The molecule has 1 atom stereocenters. The molecule has 1 aliphatic carbocycles. The van der Waals surface area contributed by atoms with E-state index in [1.165, 1.54) is 37.7 Å². The summed E-state index contributed by atoms with van der Waals surface area (Å²) in [6.07, 6.45) is 10.8. The summed E-state index contributed by atoms with van der Waals surface area (Å²) in [5.41, 5.74) is 1.20. The van der Waals surface area contributed by atoms with Gasteiger partial charge in [0.05, 0.1) is 19.3 Å². The topological polar surface area (TPSA) is 50.1 Å². The van der Waals surface area contributed by atoms with Gasteiger partial charge in [-0.05, 0) is 25.7 Å². The van der Waals surface area contributed by atoms with Crippen LogP contribution in [0.5, 0.6) is 0 Å². The van der Waals surface area contributed by atoms with E-state index < -0.39 is 0 Å². The summed E-state index contributed by atoms with van der Waals surface area (Å²) in [7, 11) is 0. The molecule has 1 fully saturated rings. The van der Waals surface area contributed by atoms with E-state index >= 15 is 0 Å². The third kappa shape index (κ3) is 3.82. The first-order chi connectivity index (χ1) is 8.79. The van der Waals surface area contributed by atoms with Crippen molar-refractivity contribution in [1.29, 1.82) is 0 Å². The molecule has 4 heteroatoms. The lowest BCUT2D eigenvalue weighted by molar-refractivity contribution is 0.269. The van der Waals surface area contributed by atoms with Crippen molar-refractivity contribution < 1.29 is 5.11 Å². The van der Waals surface area contributed by atoms with Gasteiger partial charge in [-0.25, -0.2) is 0 Å². The number of nitrogens with one attached hydrogen (secondary N) is 1. The van der Waals surface area contributed by atoms with Crippen LogP contribution in [-0.4, -0.2) is 27.5 Å². The molecule has 0 aliphatic heterocycles. The van der Waals surface area contributed by atoms with Crippen molar-refractivity contribution in [3.63, 3.8) is 0 Å². The summed E-state index contributed by atoms with van der Waals surface area (Å²) in [6.45, 7) is 3.91. The molecule has 0 spiro atoms. The highest BCUT2D eigenvalue weighted by Gasteiger charge is 2.19. The molecule has 1 saturated carbocycles. The third-order valence-corrected chi connectivity index (χ3v) is 4.00. The molecule has 2 N–H and O–H groups in total. The van der Waals surface area contributed by atoms with Crippen LogP contribution in [0.3, 0.4) is 0 Å². The van der Waals surface area contributed by atoms with Gasteiger partial charge in [-0.15, -0.1) is 0 Å². The normalized spacial score (nSPS) is 19.0. The van der Waals surface area contributed by atoms with Crippen LogP contribution in [0, 0.1) is 5.92 Å². The monoisotopic (exact) mass is 251 g/mol. The van der Waals surface area contributed by atoms with E-state index in [0.29, 0.717) is 12.6 Å². The van der Waals surface area contributed by atoms with Gasteiger partial charge in [-0.2, -0.15) is 5.10 Å². The van der Waals surface area contributed by atoms with Gasteiger partial charge in [0.1, 0.15) is 0 Å². The molecule has 1 aliphatic rings. The molecule has 18 heavy (non-hydrogen) atoms. The van der Waals surface area contributed by atoms with E-state index in [4.69, 9.17) is 5.11 Å². The van der Waals surface area contributed by atoms with E-state index in [-0.39, 0.29) is 6.61 Å². The number of aliphatic hydroxyl groups excluding tert-OH is 1. The van der Waals surface area contributed by atoms with E-state index in [1.54, 1.807) is 4.68 Å². The van der Waals surface area contributed by atoms with E-state index in [2.05, 4.69) is 17.3 Å². The molecule has 4 nitrogen and oxygen atoms in total. The highest BCUT2D eigenvalue weighted by atomic mass is 16.3. The fourth-order valence-electron chi connectivity index (χ4n) is 2.80. The number of aliphatic hydroxyl groups is 1. The fourth-order valence-corrected chi connectivity index (χ4v) is 2.80. The Hall–Kier alpha value is -0.870. The second-order valence-electron chi connectivity index (χ2n) is 5.40. The Kier molecular flexibility index (Phi) is 5.20. The van der Waals surface area contributed by atoms with Crippen LogP contribution >= 0.6 is 0 Å². The Morgan fingerprint density at radius 3 is 2.94 bits per heavy atom. The summed E-state index contributed by atoms with van der Waals surface area (Å²) in [6, 6.07) is 0.589. The molecule has 0 amide bonds. The van der Waals surface area contributed by atoms with Crippen LogP contribution in [0.1, 0.15) is 44.6 Å². The largest absolute Gasteiger partial charge is 0.394 e. The smallest absolute Gasteiger partial charge is 0.0640 e. The molecule has 0 bridgehead atoms. The second-order valence-corrected chi connectivity index (χ2v) is 5.40. The van der Waals surface area contributed by atoms with E-state index in [9.17, 15) is 0 Å². The van der Waals surface area contributed by atoms with Crippen LogP contribution in [0.15, 0.2) is 12.4 Å². The molecule has 1 aromatic rings. The van der Waals surface area contributed by atoms with Crippen molar-refractivity contribution >= 4 is 0 Å². The summed E-state index contributed by atoms with van der Waals surface area (Å²) < 4.78 is 1.79. The number of hydrogen-bond donors (Lipinski definition) is 2. The van der Waals surface area contributed by atoms with E-state index in [1.807, 2.05) is 12.4 Å². The standard InChI is InChI=1S/C14H25N3O/c1-12(14-5-3-2-4-6-14)15-9-13-10-16-17(11-13)7-8-18/h10-12,14-15,18H,2-9H2,1H3/t12-/m1/s1. The van der Waals surface area contributed by atoms with Crippen molar-refractivity contribution in [2.75, 3.05) is 6.61 Å². The predicted octanol–water partition coefficient (Wildman–Crippen LogP) is 1.93. The number of aromatic nitrogens is 2. The van der Waals surface area contributed by atoms with Crippen molar-refractivity contribution in [1.82, 2.24) is 15.1 Å². The van der Waals surface area contributed by atoms with Crippen molar-refractivity contribution in [3.05, 3.63) is 18.0 Å². The highest BCUT2D eigenvalue weighted by Crippen LogP contribution is 2.26. The van der Waals surface area contributed by atoms with E-state index in [0.717, 1.165) is 12.5 Å². The first-order valence-corrected chi connectivity index (χ1v) is 7.15. The lowest BCUT2D eigenvalue weighted by Gasteiger charge is -2.28. The lowest BCUT2D eigenvalue weighted by Crippen LogP contribution is -2.34. The molecule has 2 rings (SSSR count). The van der Waals surface area contributed by atoms with Gasteiger partial charge in [-0.3, -0.25) is 4.68 Å². The van der Waals surface area contributed by atoms with Crippen molar-refractivity contribution in [2.24, 2.45) is 5.92 Å². The van der Waals surface area contributed by atoms with Gasteiger partial charge in [0.25, 0.3) is 0 Å². The molecule has 1 heterocycles. The van der Waals surface area contributed by atoms with Gasteiger partial charge in [0.2, 0.25) is 0 Å². The molecule has 0 saturated heterocycles. The molecule has 0 aromatic carbocycles. The van der Waals surface area contributed by atoms with Gasteiger partial charge < -0.3 is 10.4 Å². The quantitative estimate of drug-likeness (QED) is 0.812. The predicted molar refractivity (Wildman–Crippen MR) is 72.2 cm³/mol. The summed E-state index contributed by atoms with van der Waals surface area (Å²) in [4.78, 5) is 0. The SMILES string of the molecule is C[C@@H](NCc1cnn(CCO)c1)C1CCCCC1. The molecule has 0 unspecified atom stereocenters. The van der Waals surface area contributed by atoms with Gasteiger partial charge in [-0.1, -0.05) is 19.3 Å². The molecule has 102 valence electrons. The van der Waals surface area contributed by atoms with Gasteiger partial charge >= 0.3 is 0 Å². The second kappa shape index (κ2) is 6.90. The summed E-state index contributed by atoms with van der Waals surface area (Å²) in [5, 5.41) is 16.7. The lowest BCUT2D eigenvalue weighted by atomic mass is 9.84. The minimum absolute atomic E-state index is 0.146. The maximum Gasteiger partial charge on any atom is 0.0640 e. The molecular weight excluding hydrogens is 226 g/mol. The molecular formula is C14H25N3O. The maximum absolute atomic E-state index is 8.84. The Morgan fingerprint density at radius 2 is 2.22 bits per heavy atom. The Labute approximate surface area is 109 Å². The zero-order valence-electron chi connectivity index (χ0n) is 11.3. The zero-order valence-corrected chi connectivity index (χ0v) is 11.3. The van der Waals surface area contributed by atoms with Gasteiger partial charge in [0.15, 0.2) is 0 Å². The van der Waals surface area contributed by atoms with Crippen LogP contribution in [0.25, 0.3) is 0 Å². The Bertz CT molecular complexity index is 345. The zero-order chi connectivity index (χ0) is 12.8. The minimum atomic E-state index is 0.146. The first kappa shape index (κ1) is 13.6. The average Bonchev–Trinajstić information content (AvgIpc) is 2.85. The number of hydrogen-bond acceptors (Lipinski definition) is 3. The van der Waals surface area contributed by atoms with Gasteiger partial charge in [0, 0.05) is 24.3 Å². The Morgan fingerprint density at radius 1 is 1.44 bits per heavy atom. The third-order valence-electron chi connectivity index (χ3n) is 4.00. The summed E-state index contributed by atoms with van der Waals surface area (Å²) >= 11 is 0. The minimum Gasteiger partial charge on any atom is -0.394 e. The highest BCUT2D eigenvalue weighted by molar-refractivity contribution is 5.03. The first-order valence-electron chi connectivity index (χ1n) is 7.15. The molecule has 1 aromatic heterocycles. The average molecular weight is 251 g/mol. The summed E-state index contributed by atoms with van der Waals surface area (Å²) in [5.74, 6) is 0.839. The number of rotatable bonds is 6. The van der Waals surface area contributed by atoms with Crippen LogP contribution in [-0.2, 0) is 13.1 Å². The van der Waals surface area contributed by atoms with Crippen molar-refractivity contribution in [3.8, 4) is 0 Å². The van der Waals surface area contributed by atoms with Crippen LogP contribution in [0.4, 0.5) is 0 Å². The molecule has 0 radical (unpaired) electrons. The fraction of sp³-hybridized carbons (Fsp3) is 0.786. The maximum atomic E-state index is 8.84. The van der Waals surface area contributed by atoms with Crippen LogP contribution < -0.4 is 5.32 Å². The van der Waals surface area contributed by atoms with Crippen LogP contribution in [0.2, 0.25) is 0 Å².